The summed E-state index contributed by atoms with van der Waals surface area (Å²) in [6.07, 6.45) is 4.51. The van der Waals surface area contributed by atoms with Crippen molar-refractivity contribution in [2.75, 3.05) is 0 Å². The molecule has 16 heavy (non-hydrogen) atoms. The molecule has 1 radical (unpaired) electrons. The van der Waals surface area contributed by atoms with Gasteiger partial charge in [-0.1, -0.05) is 23.8 Å². The fourth-order valence-electron chi connectivity index (χ4n) is 2.38. The van der Waals surface area contributed by atoms with Crippen LogP contribution >= 0.6 is 0 Å². The maximum atomic E-state index is 11.1. The van der Waals surface area contributed by atoms with Crippen molar-refractivity contribution in [2.45, 2.75) is 39.0 Å². The third kappa shape index (κ3) is 3.18. The first-order chi connectivity index (χ1) is 7.16. The van der Waals surface area contributed by atoms with Crippen LogP contribution in [0.15, 0.2) is 18.2 Å². The van der Waals surface area contributed by atoms with Crippen LogP contribution in [0.3, 0.4) is 0 Å². The predicted molar refractivity (Wildman–Crippen MR) is 61.8 cm³/mol. The Morgan fingerprint density at radius 1 is 1.31 bits per heavy atom. The molecule has 0 spiro atoms. The van der Waals surface area contributed by atoms with E-state index in [-0.39, 0.29) is 32.7 Å². The minimum Gasteiger partial charge on any atom is -0.334 e. The van der Waals surface area contributed by atoms with E-state index < -0.39 is 0 Å². The van der Waals surface area contributed by atoms with Gasteiger partial charge in [-0.15, -0.1) is 0 Å². The van der Waals surface area contributed by atoms with Crippen molar-refractivity contribution >= 4 is 5.78 Å². The molecule has 1 aliphatic rings. The number of Topliss-reactive ketones (excluding diaryl/α,β-unsaturated/α-hetero) is 1. The first-order valence-electron chi connectivity index (χ1n) is 5.60. The zero-order chi connectivity index (χ0) is 10.8. The van der Waals surface area contributed by atoms with Gasteiger partial charge in [0.15, 0.2) is 0 Å². The maximum Gasteiger partial charge on any atom is 0 e. The number of benzene rings is 1. The molecule has 1 saturated carbocycles. The van der Waals surface area contributed by atoms with Gasteiger partial charge in [0.05, 0.1) is 0 Å². The number of carbonyl (C=O) groups excluding carboxylic acids is 1. The van der Waals surface area contributed by atoms with Gasteiger partial charge in [-0.25, -0.2) is 0 Å². The van der Waals surface area contributed by atoms with Gasteiger partial charge in [-0.05, 0) is 49.5 Å². The zero-order valence-electron chi connectivity index (χ0n) is 9.99. The zero-order valence-corrected chi connectivity index (χ0v) is 12.8. The summed E-state index contributed by atoms with van der Waals surface area (Å²) in [5, 5.41) is 0. The second-order valence-electron chi connectivity index (χ2n) is 4.50. The summed E-state index contributed by atoms with van der Waals surface area (Å²) < 4.78 is 0. The molecule has 83 valence electrons. The Kier molecular flexibility index (Phi) is 5.20. The van der Waals surface area contributed by atoms with Crippen LogP contribution in [0.5, 0.6) is 0 Å². The normalized spacial score (nSPS) is 19.9. The largest absolute Gasteiger partial charge is 0.334 e. The molecule has 1 atom stereocenters. The van der Waals surface area contributed by atoms with Crippen LogP contribution < -0.4 is 0 Å². The van der Waals surface area contributed by atoms with Crippen molar-refractivity contribution in [3.8, 4) is 0 Å². The van der Waals surface area contributed by atoms with Gasteiger partial charge in [0.2, 0.25) is 0 Å². The molecule has 2 rings (SSSR count). The third-order valence-electron chi connectivity index (χ3n) is 3.23. The minimum atomic E-state index is 0. The third-order valence-corrected chi connectivity index (χ3v) is 3.23. The molecule has 1 nitrogen and oxygen atoms in total. The van der Waals surface area contributed by atoms with Gasteiger partial charge in [0, 0.05) is 32.7 Å². The summed E-state index contributed by atoms with van der Waals surface area (Å²) in [6, 6.07) is 6.61. The number of aryl methyl sites for hydroxylation is 2. The van der Waals surface area contributed by atoms with Crippen molar-refractivity contribution in [2.24, 2.45) is 0 Å². The van der Waals surface area contributed by atoms with Crippen molar-refractivity contribution in [1.82, 2.24) is 0 Å². The number of hydrogen-bond acceptors (Lipinski definition) is 1. The number of carbonyl (C=O) groups is 1. The summed E-state index contributed by atoms with van der Waals surface area (Å²) in [7, 11) is 0. The van der Waals surface area contributed by atoms with E-state index in [9.17, 15) is 4.79 Å². The van der Waals surface area contributed by atoms with Crippen LogP contribution in [0.4, 0.5) is 0 Å². The molecule has 0 amide bonds. The molecular weight excluding hydrogens is 273 g/mol. The fourth-order valence-corrected chi connectivity index (χ4v) is 2.38. The molecule has 0 bridgehead atoms. The van der Waals surface area contributed by atoms with Crippen LogP contribution in [0.25, 0.3) is 0 Å². The molecule has 2 heteroatoms. The van der Waals surface area contributed by atoms with E-state index in [4.69, 9.17) is 0 Å². The molecule has 0 aromatic heterocycles. The van der Waals surface area contributed by atoms with E-state index in [1.807, 2.05) is 6.42 Å². The van der Waals surface area contributed by atoms with Crippen molar-refractivity contribution < 1.29 is 37.5 Å². The molecule has 1 fully saturated rings. The van der Waals surface area contributed by atoms with Crippen LogP contribution in [0.1, 0.15) is 41.9 Å². The van der Waals surface area contributed by atoms with E-state index in [0.29, 0.717) is 11.7 Å². The first kappa shape index (κ1) is 13.9. The Hall–Kier alpha value is -0.136. The summed E-state index contributed by atoms with van der Waals surface area (Å²) in [4.78, 5) is 11.1. The van der Waals surface area contributed by atoms with Gasteiger partial charge >= 0.3 is 0 Å². The average Bonchev–Trinajstić information content (AvgIpc) is 2.20. The van der Waals surface area contributed by atoms with Gasteiger partial charge in [-0.2, -0.15) is 6.42 Å². The molecule has 1 aromatic carbocycles. The van der Waals surface area contributed by atoms with Crippen LogP contribution in [0.2, 0.25) is 0 Å². The SMILES string of the molecule is Cc1ccc(C2C[CH-]C(=O)CC2)c(C)c1.[Y]. The Morgan fingerprint density at radius 2 is 2.06 bits per heavy atom. The standard InChI is InChI=1S/C14H17O.Y/c1-10-3-8-14(11(2)9-10)12-4-6-13(15)7-5-12;/h3,6,8-9,12H,4-5,7H2,1-2H3;/q-1;. The quantitative estimate of drug-likeness (QED) is 0.725. The van der Waals surface area contributed by atoms with Crippen molar-refractivity contribution in [3.63, 3.8) is 0 Å². The molecule has 1 unspecified atom stereocenters. The maximum absolute atomic E-state index is 11.1. The number of hydrogen-bond donors (Lipinski definition) is 0. The second-order valence-corrected chi connectivity index (χ2v) is 4.50. The average molecular weight is 290 g/mol. The smallest absolute Gasteiger partial charge is 0 e. The van der Waals surface area contributed by atoms with Crippen LogP contribution in [-0.2, 0) is 37.5 Å². The summed E-state index contributed by atoms with van der Waals surface area (Å²) >= 11 is 0. The minimum absolute atomic E-state index is 0. The van der Waals surface area contributed by atoms with Gasteiger partial charge in [0.1, 0.15) is 0 Å². The molecule has 0 aliphatic heterocycles. The molecule has 1 aromatic rings. The monoisotopic (exact) mass is 290 g/mol. The van der Waals surface area contributed by atoms with Crippen molar-refractivity contribution in [3.05, 3.63) is 41.3 Å². The molecule has 0 heterocycles. The summed E-state index contributed by atoms with van der Waals surface area (Å²) in [5.41, 5.74) is 4.10. The first-order valence-corrected chi connectivity index (χ1v) is 5.60. The van der Waals surface area contributed by atoms with Gasteiger partial charge < -0.3 is 11.2 Å². The Balaban J connectivity index is 0.00000128. The summed E-state index contributed by atoms with van der Waals surface area (Å²) in [6.45, 7) is 4.28. The van der Waals surface area contributed by atoms with Gasteiger partial charge in [-0.3, -0.25) is 0 Å². The van der Waals surface area contributed by atoms with E-state index >= 15 is 0 Å². The van der Waals surface area contributed by atoms with E-state index in [0.717, 1.165) is 19.3 Å². The van der Waals surface area contributed by atoms with Crippen LogP contribution in [-0.4, -0.2) is 5.78 Å². The van der Waals surface area contributed by atoms with Crippen LogP contribution in [0, 0.1) is 20.3 Å². The molecular formula is C14H17OY-. The number of ketones is 1. The molecule has 0 saturated heterocycles. The van der Waals surface area contributed by atoms with Gasteiger partial charge in [0.25, 0.3) is 0 Å². The second kappa shape index (κ2) is 5.98. The number of rotatable bonds is 1. The van der Waals surface area contributed by atoms with Crippen molar-refractivity contribution in [1.29, 1.82) is 0 Å². The Labute approximate surface area is 123 Å². The predicted octanol–water partition coefficient (Wildman–Crippen LogP) is 3.34. The van der Waals surface area contributed by atoms with E-state index in [2.05, 4.69) is 32.0 Å². The topological polar surface area (TPSA) is 17.1 Å². The molecule has 1 aliphatic carbocycles. The van der Waals surface area contributed by atoms with E-state index in [1.165, 1.54) is 16.7 Å². The Bertz CT molecular complexity index is 374. The van der Waals surface area contributed by atoms with E-state index in [1.54, 1.807) is 0 Å². The summed E-state index contributed by atoms with van der Waals surface area (Å²) in [5.74, 6) is 0.874. The molecule has 0 N–H and O–H groups in total. The fraction of sp³-hybridized carbons (Fsp3) is 0.429. The Morgan fingerprint density at radius 3 is 2.62 bits per heavy atom.